The summed E-state index contributed by atoms with van der Waals surface area (Å²) in [6.07, 6.45) is 3.61. The number of rotatable bonds is 4. The number of H-pyrrole nitrogens is 1. The molecule has 0 spiro atoms. The normalized spacial score (nSPS) is 16.3. The molecule has 0 aliphatic heterocycles. The summed E-state index contributed by atoms with van der Waals surface area (Å²) in [5, 5.41) is 7.12. The maximum Gasteiger partial charge on any atom is 0.183 e. The second kappa shape index (κ2) is 3.26. The lowest BCUT2D eigenvalue weighted by Gasteiger charge is -1.93. The molecule has 1 aliphatic carbocycles. The molecule has 64 valence electrons. The number of nitrogens with one attached hydrogen (secondary N) is 1. The Morgan fingerprint density at radius 2 is 2.58 bits per heavy atom. The first-order valence-corrected chi connectivity index (χ1v) is 4.85. The minimum Gasteiger partial charge on any atom is -0.298 e. The van der Waals surface area contributed by atoms with Crippen LogP contribution in [0.2, 0.25) is 0 Å². The van der Waals surface area contributed by atoms with Gasteiger partial charge in [-0.25, -0.2) is 4.98 Å². The van der Waals surface area contributed by atoms with E-state index in [2.05, 4.69) is 15.2 Å². The van der Waals surface area contributed by atoms with E-state index in [1.54, 1.807) is 0 Å². The van der Waals surface area contributed by atoms with Crippen LogP contribution in [0.5, 0.6) is 0 Å². The number of ketones is 1. The van der Waals surface area contributed by atoms with Crippen LogP contribution >= 0.6 is 11.8 Å². The average Bonchev–Trinajstić information content (AvgIpc) is 2.80. The third-order valence-electron chi connectivity index (χ3n) is 1.78. The standard InChI is InChI=1S/C7H9N3OS/c11-6(5-1-2-5)3-12-7-8-4-9-10-7/h4-5H,1-3H2,(H,8,9,10). The minimum absolute atomic E-state index is 0.344. The first-order chi connectivity index (χ1) is 5.86. The monoisotopic (exact) mass is 183 g/mol. The van der Waals surface area contributed by atoms with Gasteiger partial charge in [-0.15, -0.1) is 0 Å². The van der Waals surface area contributed by atoms with Crippen molar-refractivity contribution >= 4 is 17.5 Å². The second-order valence-electron chi connectivity index (χ2n) is 2.82. The largest absolute Gasteiger partial charge is 0.298 e. The van der Waals surface area contributed by atoms with Crippen molar-refractivity contribution in [1.82, 2.24) is 15.2 Å². The van der Waals surface area contributed by atoms with Crippen LogP contribution < -0.4 is 0 Å². The summed E-state index contributed by atoms with van der Waals surface area (Å²) >= 11 is 1.42. The molecule has 5 heteroatoms. The van der Waals surface area contributed by atoms with Crippen LogP contribution in [0.1, 0.15) is 12.8 Å². The first-order valence-electron chi connectivity index (χ1n) is 3.87. The van der Waals surface area contributed by atoms with Crippen molar-refractivity contribution in [2.24, 2.45) is 5.92 Å². The third-order valence-corrected chi connectivity index (χ3v) is 2.68. The molecule has 1 aliphatic rings. The predicted octanol–water partition coefficient (Wildman–Crippen LogP) is 0.876. The number of carbonyl (C=O) groups is 1. The Labute approximate surface area is 74.2 Å². The highest BCUT2D eigenvalue weighted by Gasteiger charge is 2.29. The highest BCUT2D eigenvalue weighted by Crippen LogP contribution is 2.31. The maximum atomic E-state index is 11.2. The summed E-state index contributed by atoms with van der Waals surface area (Å²) < 4.78 is 0. The highest BCUT2D eigenvalue weighted by atomic mass is 32.2. The smallest absolute Gasteiger partial charge is 0.183 e. The Morgan fingerprint density at radius 1 is 1.75 bits per heavy atom. The van der Waals surface area contributed by atoms with E-state index in [1.165, 1.54) is 18.1 Å². The van der Waals surface area contributed by atoms with E-state index in [-0.39, 0.29) is 0 Å². The summed E-state index contributed by atoms with van der Waals surface area (Å²) in [4.78, 5) is 15.1. The van der Waals surface area contributed by atoms with Crippen molar-refractivity contribution in [3.05, 3.63) is 6.33 Å². The molecule has 1 aromatic heterocycles. The molecule has 0 saturated heterocycles. The fraction of sp³-hybridized carbons (Fsp3) is 0.571. The molecule has 2 rings (SSSR count). The van der Waals surface area contributed by atoms with Gasteiger partial charge < -0.3 is 0 Å². The van der Waals surface area contributed by atoms with E-state index < -0.39 is 0 Å². The van der Waals surface area contributed by atoms with E-state index in [0.717, 1.165) is 18.0 Å². The Kier molecular flexibility index (Phi) is 2.12. The molecule has 0 aromatic carbocycles. The lowest BCUT2D eigenvalue weighted by molar-refractivity contribution is -0.117. The molecule has 1 heterocycles. The Morgan fingerprint density at radius 3 is 3.17 bits per heavy atom. The van der Waals surface area contributed by atoms with Gasteiger partial charge in [-0.2, -0.15) is 5.10 Å². The second-order valence-corrected chi connectivity index (χ2v) is 3.78. The van der Waals surface area contributed by atoms with Crippen LogP contribution in [0.4, 0.5) is 0 Å². The topological polar surface area (TPSA) is 58.6 Å². The van der Waals surface area contributed by atoms with Gasteiger partial charge in [-0.05, 0) is 12.8 Å². The Balaban J connectivity index is 1.78. The van der Waals surface area contributed by atoms with Crippen LogP contribution in [0.15, 0.2) is 11.5 Å². The van der Waals surface area contributed by atoms with E-state index in [0.29, 0.717) is 17.5 Å². The summed E-state index contributed by atoms with van der Waals surface area (Å²) in [7, 11) is 0. The summed E-state index contributed by atoms with van der Waals surface area (Å²) in [5.74, 6) is 1.22. The molecule has 12 heavy (non-hydrogen) atoms. The Hall–Kier alpha value is -0.840. The van der Waals surface area contributed by atoms with E-state index in [4.69, 9.17) is 0 Å². The van der Waals surface area contributed by atoms with Crippen molar-refractivity contribution in [1.29, 1.82) is 0 Å². The van der Waals surface area contributed by atoms with Gasteiger partial charge >= 0.3 is 0 Å². The molecular weight excluding hydrogens is 174 g/mol. The SMILES string of the molecule is O=C(CSc1ncn[nH]1)C1CC1. The van der Waals surface area contributed by atoms with Gasteiger partial charge in [0, 0.05) is 5.92 Å². The molecule has 0 amide bonds. The lowest BCUT2D eigenvalue weighted by Crippen LogP contribution is -2.03. The van der Waals surface area contributed by atoms with Crippen LogP contribution in [0, 0.1) is 5.92 Å². The van der Waals surface area contributed by atoms with Gasteiger partial charge in [-0.3, -0.25) is 9.89 Å². The van der Waals surface area contributed by atoms with Crippen LogP contribution in [-0.2, 0) is 4.79 Å². The molecule has 1 N–H and O–H groups in total. The lowest BCUT2D eigenvalue weighted by atomic mass is 10.3. The summed E-state index contributed by atoms with van der Waals surface area (Å²) in [5.41, 5.74) is 0. The van der Waals surface area contributed by atoms with Gasteiger partial charge in [0.2, 0.25) is 0 Å². The summed E-state index contributed by atoms with van der Waals surface area (Å²) in [6, 6.07) is 0. The molecule has 0 unspecified atom stereocenters. The quantitative estimate of drug-likeness (QED) is 0.704. The van der Waals surface area contributed by atoms with E-state index >= 15 is 0 Å². The third kappa shape index (κ3) is 1.85. The van der Waals surface area contributed by atoms with E-state index in [9.17, 15) is 4.79 Å². The fourth-order valence-electron chi connectivity index (χ4n) is 0.926. The van der Waals surface area contributed by atoms with Crippen molar-refractivity contribution < 1.29 is 4.79 Å². The molecule has 0 bridgehead atoms. The fourth-order valence-corrected chi connectivity index (χ4v) is 1.68. The van der Waals surface area contributed by atoms with Gasteiger partial charge in [0.25, 0.3) is 0 Å². The number of nitrogens with zero attached hydrogens (tertiary/aromatic N) is 2. The average molecular weight is 183 g/mol. The van der Waals surface area contributed by atoms with E-state index in [1.807, 2.05) is 0 Å². The number of hydrogen-bond donors (Lipinski definition) is 1. The molecule has 1 aromatic rings. The van der Waals surface area contributed by atoms with Crippen molar-refractivity contribution in [2.75, 3.05) is 5.75 Å². The molecule has 0 atom stereocenters. The van der Waals surface area contributed by atoms with Crippen molar-refractivity contribution in [3.63, 3.8) is 0 Å². The van der Waals surface area contributed by atoms with Gasteiger partial charge in [0.15, 0.2) is 5.16 Å². The number of hydrogen-bond acceptors (Lipinski definition) is 4. The Bertz CT molecular complexity index is 268. The number of Topliss-reactive ketones (excluding diaryl/α,β-unsaturated/α-hetero) is 1. The van der Waals surface area contributed by atoms with Gasteiger partial charge in [0.1, 0.15) is 12.1 Å². The predicted molar refractivity (Wildman–Crippen MR) is 44.8 cm³/mol. The van der Waals surface area contributed by atoms with Gasteiger partial charge in [0.05, 0.1) is 5.75 Å². The number of aromatic amines is 1. The zero-order valence-corrected chi connectivity index (χ0v) is 7.30. The van der Waals surface area contributed by atoms with Gasteiger partial charge in [-0.1, -0.05) is 11.8 Å². The summed E-state index contributed by atoms with van der Waals surface area (Å²) in [6.45, 7) is 0. The van der Waals surface area contributed by atoms with Crippen LogP contribution in [0.3, 0.4) is 0 Å². The zero-order valence-electron chi connectivity index (χ0n) is 6.49. The highest BCUT2D eigenvalue weighted by molar-refractivity contribution is 7.99. The molecule has 0 radical (unpaired) electrons. The molecular formula is C7H9N3OS. The maximum absolute atomic E-state index is 11.2. The zero-order chi connectivity index (χ0) is 8.39. The minimum atomic E-state index is 0.344. The van der Waals surface area contributed by atoms with Crippen molar-refractivity contribution in [3.8, 4) is 0 Å². The van der Waals surface area contributed by atoms with Crippen LogP contribution in [-0.4, -0.2) is 26.7 Å². The first kappa shape index (κ1) is 7.79. The number of carbonyl (C=O) groups excluding carboxylic acids is 1. The van der Waals surface area contributed by atoms with Crippen molar-refractivity contribution in [2.45, 2.75) is 18.0 Å². The molecule has 1 saturated carbocycles. The molecule has 4 nitrogen and oxygen atoms in total. The van der Waals surface area contributed by atoms with Crippen LogP contribution in [0.25, 0.3) is 0 Å². The number of aromatic nitrogens is 3. The number of thioether (sulfide) groups is 1. The molecule has 1 fully saturated rings.